The van der Waals surface area contributed by atoms with Crippen LogP contribution < -0.4 is 0 Å². The quantitative estimate of drug-likeness (QED) is 0.634. The molecule has 112 valence electrons. The molecule has 1 saturated heterocycles. The maximum atomic E-state index is 12.3. The molecular formula is C17H21NO3. The Morgan fingerprint density at radius 1 is 1.29 bits per heavy atom. The minimum atomic E-state index is -0.447. The van der Waals surface area contributed by atoms with E-state index in [9.17, 15) is 9.59 Å². The molecule has 1 amide bonds. The second-order valence-corrected chi connectivity index (χ2v) is 5.26. The van der Waals surface area contributed by atoms with E-state index in [-0.39, 0.29) is 11.9 Å². The van der Waals surface area contributed by atoms with Crippen molar-refractivity contribution in [3.8, 4) is 0 Å². The Bertz CT molecular complexity index is 551. The van der Waals surface area contributed by atoms with E-state index in [1.165, 1.54) is 7.11 Å². The Labute approximate surface area is 125 Å². The molecule has 4 nitrogen and oxygen atoms in total. The predicted octanol–water partition coefficient (Wildman–Crippen LogP) is 2.56. The number of amides is 1. The molecule has 1 heterocycles. The van der Waals surface area contributed by atoms with Gasteiger partial charge < -0.3 is 9.64 Å². The number of methoxy groups -OCH3 is 1. The Balaban J connectivity index is 2.11. The molecule has 0 spiro atoms. The van der Waals surface area contributed by atoms with E-state index < -0.39 is 6.04 Å². The van der Waals surface area contributed by atoms with Crippen molar-refractivity contribution >= 4 is 18.0 Å². The van der Waals surface area contributed by atoms with Crippen molar-refractivity contribution < 1.29 is 14.3 Å². The number of benzene rings is 1. The maximum Gasteiger partial charge on any atom is 0.328 e. The van der Waals surface area contributed by atoms with Crippen LogP contribution in [0.5, 0.6) is 0 Å². The summed E-state index contributed by atoms with van der Waals surface area (Å²) < 4.78 is 4.80. The van der Waals surface area contributed by atoms with Gasteiger partial charge in [0.2, 0.25) is 5.91 Å². The van der Waals surface area contributed by atoms with Gasteiger partial charge in [-0.3, -0.25) is 4.79 Å². The third-order valence-corrected chi connectivity index (χ3v) is 3.85. The van der Waals surface area contributed by atoms with Gasteiger partial charge in [-0.1, -0.05) is 24.3 Å². The zero-order valence-electron chi connectivity index (χ0n) is 12.5. The molecule has 1 aliphatic heterocycles. The molecule has 0 unspecified atom stereocenters. The average molecular weight is 287 g/mol. The number of carbonyl (C=O) groups is 2. The van der Waals surface area contributed by atoms with E-state index in [1.807, 2.05) is 31.2 Å². The zero-order chi connectivity index (χ0) is 15.2. The SMILES string of the molecule is COC(=O)[C@H]1CCCCN1C(=O)/C=C/c1ccccc1C. The summed E-state index contributed by atoms with van der Waals surface area (Å²) in [6.07, 6.45) is 5.91. The predicted molar refractivity (Wildman–Crippen MR) is 81.6 cm³/mol. The third-order valence-electron chi connectivity index (χ3n) is 3.85. The zero-order valence-corrected chi connectivity index (χ0v) is 12.5. The molecule has 0 aromatic heterocycles. The molecule has 21 heavy (non-hydrogen) atoms. The van der Waals surface area contributed by atoms with Crippen molar-refractivity contribution in [2.24, 2.45) is 0 Å². The van der Waals surface area contributed by atoms with Crippen LogP contribution in [0.15, 0.2) is 30.3 Å². The normalized spacial score (nSPS) is 18.8. The number of hydrogen-bond acceptors (Lipinski definition) is 3. The Kier molecular flexibility index (Phi) is 5.14. The summed E-state index contributed by atoms with van der Waals surface area (Å²) in [5.74, 6) is -0.458. The summed E-state index contributed by atoms with van der Waals surface area (Å²) >= 11 is 0. The number of likely N-dealkylation sites (tertiary alicyclic amines) is 1. The van der Waals surface area contributed by atoms with E-state index in [1.54, 1.807) is 17.1 Å². The fraction of sp³-hybridized carbons (Fsp3) is 0.412. The fourth-order valence-corrected chi connectivity index (χ4v) is 2.61. The highest BCUT2D eigenvalue weighted by atomic mass is 16.5. The molecule has 1 aromatic carbocycles. The second-order valence-electron chi connectivity index (χ2n) is 5.26. The van der Waals surface area contributed by atoms with Gasteiger partial charge >= 0.3 is 5.97 Å². The van der Waals surface area contributed by atoms with Crippen LogP contribution in [-0.2, 0) is 14.3 Å². The molecule has 0 bridgehead atoms. The van der Waals surface area contributed by atoms with Gasteiger partial charge in [0.25, 0.3) is 0 Å². The number of aryl methyl sites for hydroxylation is 1. The van der Waals surface area contributed by atoms with Crippen LogP contribution in [0.25, 0.3) is 6.08 Å². The largest absolute Gasteiger partial charge is 0.467 e. The maximum absolute atomic E-state index is 12.3. The first-order valence-electron chi connectivity index (χ1n) is 7.25. The van der Waals surface area contributed by atoms with Crippen molar-refractivity contribution in [3.63, 3.8) is 0 Å². The highest BCUT2D eigenvalue weighted by molar-refractivity contribution is 5.94. The Morgan fingerprint density at radius 3 is 2.76 bits per heavy atom. The van der Waals surface area contributed by atoms with Crippen LogP contribution in [0.1, 0.15) is 30.4 Å². The van der Waals surface area contributed by atoms with Crippen molar-refractivity contribution in [1.29, 1.82) is 0 Å². The van der Waals surface area contributed by atoms with Crippen LogP contribution in [-0.4, -0.2) is 36.5 Å². The van der Waals surface area contributed by atoms with Gasteiger partial charge in [0.1, 0.15) is 6.04 Å². The molecule has 0 aliphatic carbocycles. The number of carbonyl (C=O) groups excluding carboxylic acids is 2. The van der Waals surface area contributed by atoms with E-state index in [2.05, 4.69) is 0 Å². The number of rotatable bonds is 3. The van der Waals surface area contributed by atoms with Crippen LogP contribution in [0.2, 0.25) is 0 Å². The first kappa shape index (κ1) is 15.3. The fourth-order valence-electron chi connectivity index (χ4n) is 2.61. The lowest BCUT2D eigenvalue weighted by Crippen LogP contribution is -2.47. The van der Waals surface area contributed by atoms with Gasteiger partial charge in [-0.2, -0.15) is 0 Å². The molecular weight excluding hydrogens is 266 g/mol. The monoisotopic (exact) mass is 287 g/mol. The summed E-state index contributed by atoms with van der Waals surface area (Å²) in [6.45, 7) is 2.61. The standard InChI is InChI=1S/C17H21NO3/c1-13-7-3-4-8-14(13)10-11-16(19)18-12-6-5-9-15(18)17(20)21-2/h3-4,7-8,10-11,15H,5-6,9,12H2,1-2H3/b11-10+/t15-/m1/s1. The van der Waals surface area contributed by atoms with Gasteiger partial charge in [0.05, 0.1) is 7.11 Å². The molecule has 1 atom stereocenters. The van der Waals surface area contributed by atoms with Gasteiger partial charge in [0, 0.05) is 12.6 Å². The topological polar surface area (TPSA) is 46.6 Å². The molecule has 4 heteroatoms. The van der Waals surface area contributed by atoms with Crippen LogP contribution in [0.4, 0.5) is 0 Å². The van der Waals surface area contributed by atoms with Crippen LogP contribution in [0.3, 0.4) is 0 Å². The Hall–Kier alpha value is -2.10. The lowest BCUT2D eigenvalue weighted by Gasteiger charge is -2.32. The first-order valence-corrected chi connectivity index (χ1v) is 7.25. The van der Waals surface area contributed by atoms with Crippen molar-refractivity contribution in [3.05, 3.63) is 41.5 Å². The first-order chi connectivity index (χ1) is 10.1. The lowest BCUT2D eigenvalue weighted by molar-refractivity contribution is -0.153. The molecule has 0 radical (unpaired) electrons. The summed E-state index contributed by atoms with van der Waals surface area (Å²) in [7, 11) is 1.36. The summed E-state index contributed by atoms with van der Waals surface area (Å²) in [5.41, 5.74) is 2.13. The smallest absolute Gasteiger partial charge is 0.328 e. The van der Waals surface area contributed by atoms with Gasteiger partial charge in [0.15, 0.2) is 0 Å². The third kappa shape index (κ3) is 3.72. The van der Waals surface area contributed by atoms with Crippen LogP contribution in [0, 0.1) is 6.92 Å². The molecule has 1 aliphatic rings. The number of piperidine rings is 1. The van der Waals surface area contributed by atoms with E-state index in [0.29, 0.717) is 13.0 Å². The van der Waals surface area contributed by atoms with E-state index in [4.69, 9.17) is 4.74 Å². The highest BCUT2D eigenvalue weighted by Gasteiger charge is 2.31. The minimum Gasteiger partial charge on any atom is -0.467 e. The van der Waals surface area contributed by atoms with Gasteiger partial charge in [-0.15, -0.1) is 0 Å². The molecule has 0 N–H and O–H groups in total. The second kappa shape index (κ2) is 7.07. The number of nitrogens with zero attached hydrogens (tertiary/aromatic N) is 1. The molecule has 1 aromatic rings. The number of hydrogen-bond donors (Lipinski definition) is 0. The van der Waals surface area contributed by atoms with E-state index in [0.717, 1.165) is 24.0 Å². The van der Waals surface area contributed by atoms with Gasteiger partial charge in [-0.25, -0.2) is 4.79 Å². The minimum absolute atomic E-state index is 0.131. The van der Waals surface area contributed by atoms with Gasteiger partial charge in [-0.05, 0) is 43.4 Å². The summed E-state index contributed by atoms with van der Waals surface area (Å²) in [5, 5.41) is 0. The van der Waals surface area contributed by atoms with Crippen LogP contribution >= 0.6 is 0 Å². The molecule has 2 rings (SSSR count). The number of ether oxygens (including phenoxy) is 1. The lowest BCUT2D eigenvalue weighted by atomic mass is 10.0. The average Bonchev–Trinajstić information content (AvgIpc) is 2.53. The molecule has 1 fully saturated rings. The molecule has 0 saturated carbocycles. The highest BCUT2D eigenvalue weighted by Crippen LogP contribution is 2.19. The summed E-state index contributed by atoms with van der Waals surface area (Å²) in [4.78, 5) is 25.7. The van der Waals surface area contributed by atoms with E-state index >= 15 is 0 Å². The van der Waals surface area contributed by atoms with Crippen molar-refractivity contribution in [2.75, 3.05) is 13.7 Å². The Morgan fingerprint density at radius 2 is 2.05 bits per heavy atom. The number of esters is 1. The summed E-state index contributed by atoms with van der Waals surface area (Å²) in [6, 6.07) is 7.43. The van der Waals surface area contributed by atoms with Crippen molar-refractivity contribution in [1.82, 2.24) is 4.90 Å². The van der Waals surface area contributed by atoms with Crippen molar-refractivity contribution in [2.45, 2.75) is 32.2 Å².